The van der Waals surface area contributed by atoms with E-state index in [1.807, 2.05) is 0 Å². The molecule has 1 unspecified atom stereocenters. The van der Waals surface area contributed by atoms with Crippen molar-refractivity contribution in [2.75, 3.05) is 0 Å². The van der Waals surface area contributed by atoms with Crippen molar-refractivity contribution in [3.05, 3.63) is 71.3 Å². The summed E-state index contributed by atoms with van der Waals surface area (Å²) in [6.07, 6.45) is -5.90. The normalized spacial score (nSPS) is 15.4. The highest BCUT2D eigenvalue weighted by atomic mass is 19.4. The van der Waals surface area contributed by atoms with Gasteiger partial charge in [0.25, 0.3) is 0 Å². The fourth-order valence-corrected chi connectivity index (χ4v) is 2.37. The summed E-state index contributed by atoms with van der Waals surface area (Å²) in [6.45, 7) is 1.37. The van der Waals surface area contributed by atoms with E-state index in [2.05, 4.69) is 0 Å². The molecule has 22 heavy (non-hydrogen) atoms. The van der Waals surface area contributed by atoms with Crippen molar-refractivity contribution in [1.82, 2.24) is 0 Å². The van der Waals surface area contributed by atoms with Crippen LogP contribution in [-0.2, 0) is 5.60 Å². The third-order valence-electron chi connectivity index (χ3n) is 3.54. The monoisotopic (exact) mass is 316 g/mol. The molecule has 0 saturated carbocycles. The number of aryl methyl sites for hydroxylation is 1. The van der Waals surface area contributed by atoms with E-state index in [4.69, 9.17) is 0 Å². The molecule has 0 aromatic heterocycles. The van der Waals surface area contributed by atoms with Crippen LogP contribution in [0.4, 0.5) is 22.0 Å². The average Bonchev–Trinajstić information content (AvgIpc) is 2.46. The first kappa shape index (κ1) is 16.4. The van der Waals surface area contributed by atoms with Crippen LogP contribution in [0, 0.1) is 6.92 Å². The van der Waals surface area contributed by atoms with Crippen molar-refractivity contribution in [1.29, 1.82) is 0 Å². The van der Waals surface area contributed by atoms with Crippen molar-refractivity contribution in [2.45, 2.75) is 24.6 Å². The highest BCUT2D eigenvalue weighted by molar-refractivity contribution is 5.43. The molecular formula is C16H13F5O. The van der Waals surface area contributed by atoms with Crippen LogP contribution in [0.25, 0.3) is 0 Å². The molecule has 2 rings (SSSR count). The van der Waals surface area contributed by atoms with Crippen LogP contribution in [0.3, 0.4) is 0 Å². The van der Waals surface area contributed by atoms with Gasteiger partial charge in [0, 0.05) is 0 Å². The van der Waals surface area contributed by atoms with Crippen LogP contribution >= 0.6 is 0 Å². The number of rotatable bonds is 3. The average molecular weight is 316 g/mol. The Bertz CT molecular complexity index is 651. The maximum absolute atomic E-state index is 14.2. The van der Waals surface area contributed by atoms with Gasteiger partial charge in [-0.1, -0.05) is 54.6 Å². The number of alkyl halides is 5. The minimum Gasteiger partial charge on any atom is -0.374 e. The zero-order valence-electron chi connectivity index (χ0n) is 11.5. The molecule has 1 nitrogen and oxygen atoms in total. The van der Waals surface area contributed by atoms with E-state index in [9.17, 15) is 27.1 Å². The largest absolute Gasteiger partial charge is 0.457 e. The van der Waals surface area contributed by atoms with E-state index < -0.39 is 28.8 Å². The van der Waals surface area contributed by atoms with Gasteiger partial charge in [-0.15, -0.1) is 0 Å². The van der Waals surface area contributed by atoms with E-state index in [-0.39, 0.29) is 5.56 Å². The topological polar surface area (TPSA) is 20.2 Å². The Kier molecular flexibility index (Phi) is 4.00. The van der Waals surface area contributed by atoms with Gasteiger partial charge in [0.15, 0.2) is 5.60 Å². The van der Waals surface area contributed by atoms with Crippen molar-refractivity contribution < 1.29 is 27.1 Å². The van der Waals surface area contributed by atoms with Crippen LogP contribution in [0.1, 0.15) is 16.7 Å². The molecule has 118 valence electrons. The van der Waals surface area contributed by atoms with E-state index in [1.54, 1.807) is 0 Å². The zero-order valence-corrected chi connectivity index (χ0v) is 11.5. The highest BCUT2D eigenvalue weighted by Gasteiger charge is 2.71. The molecule has 0 aliphatic carbocycles. The van der Waals surface area contributed by atoms with Crippen molar-refractivity contribution in [3.8, 4) is 0 Å². The molecule has 0 bridgehead atoms. The van der Waals surface area contributed by atoms with E-state index in [1.165, 1.54) is 43.3 Å². The Morgan fingerprint density at radius 3 is 1.77 bits per heavy atom. The minimum atomic E-state index is -5.90. The second-order valence-electron chi connectivity index (χ2n) is 4.96. The van der Waals surface area contributed by atoms with Gasteiger partial charge in [0.2, 0.25) is 0 Å². The Morgan fingerprint density at radius 1 is 0.773 bits per heavy atom. The zero-order chi connectivity index (χ0) is 16.6. The van der Waals surface area contributed by atoms with Crippen molar-refractivity contribution in [3.63, 3.8) is 0 Å². The van der Waals surface area contributed by atoms with Gasteiger partial charge in [-0.05, 0) is 23.6 Å². The summed E-state index contributed by atoms with van der Waals surface area (Å²) < 4.78 is 67.1. The molecule has 0 aliphatic rings. The molecule has 0 amide bonds. The molecule has 0 spiro atoms. The van der Waals surface area contributed by atoms with E-state index in [0.717, 1.165) is 18.2 Å². The van der Waals surface area contributed by atoms with Gasteiger partial charge in [-0.2, -0.15) is 22.0 Å². The summed E-state index contributed by atoms with van der Waals surface area (Å²) in [6, 6.07) is 11.4. The number of benzene rings is 2. The second kappa shape index (κ2) is 5.35. The first-order valence-electron chi connectivity index (χ1n) is 6.41. The molecule has 2 aromatic rings. The van der Waals surface area contributed by atoms with Gasteiger partial charge in [-0.25, -0.2) is 0 Å². The number of halogens is 5. The van der Waals surface area contributed by atoms with Crippen LogP contribution in [0.2, 0.25) is 0 Å². The van der Waals surface area contributed by atoms with Crippen LogP contribution < -0.4 is 0 Å². The predicted octanol–water partition coefficient (Wildman–Crippen LogP) is 4.43. The van der Waals surface area contributed by atoms with Crippen LogP contribution in [-0.4, -0.2) is 17.2 Å². The Hall–Kier alpha value is -1.95. The molecular weight excluding hydrogens is 303 g/mol. The third kappa shape index (κ3) is 2.37. The number of aliphatic hydroxyl groups is 1. The Balaban J connectivity index is 2.80. The fourth-order valence-electron chi connectivity index (χ4n) is 2.37. The van der Waals surface area contributed by atoms with Crippen LogP contribution in [0.15, 0.2) is 54.6 Å². The van der Waals surface area contributed by atoms with Gasteiger partial charge < -0.3 is 5.11 Å². The van der Waals surface area contributed by atoms with Gasteiger partial charge >= 0.3 is 12.1 Å². The first-order valence-corrected chi connectivity index (χ1v) is 6.41. The summed E-state index contributed by atoms with van der Waals surface area (Å²) in [7, 11) is 0. The lowest BCUT2D eigenvalue weighted by molar-refractivity contribution is -0.336. The van der Waals surface area contributed by atoms with E-state index in [0.29, 0.717) is 0 Å². The maximum Gasteiger partial charge on any atom is 0.457 e. The molecule has 0 saturated heterocycles. The highest BCUT2D eigenvalue weighted by Crippen LogP contribution is 2.52. The third-order valence-corrected chi connectivity index (χ3v) is 3.54. The standard InChI is InChI=1S/C16H13F5O/c1-11-7-5-6-10-13(11)14(22,12-8-3-2-4-9-12)15(17,18)16(19,20)21/h2-10,22H,1H3. The predicted molar refractivity (Wildman–Crippen MR) is 71.6 cm³/mol. The molecule has 2 aromatic carbocycles. The van der Waals surface area contributed by atoms with Crippen molar-refractivity contribution >= 4 is 0 Å². The number of hydrogen-bond acceptors (Lipinski definition) is 1. The molecule has 0 aliphatic heterocycles. The van der Waals surface area contributed by atoms with Gasteiger partial charge in [0.05, 0.1) is 0 Å². The SMILES string of the molecule is Cc1ccccc1C(O)(c1ccccc1)C(F)(F)C(F)(F)F. The second-order valence-corrected chi connectivity index (χ2v) is 4.96. The summed E-state index contributed by atoms with van der Waals surface area (Å²) in [5.74, 6) is -5.35. The minimum absolute atomic E-state index is 0.137. The lowest BCUT2D eigenvalue weighted by atomic mass is 9.78. The van der Waals surface area contributed by atoms with Crippen LogP contribution in [0.5, 0.6) is 0 Å². The molecule has 0 radical (unpaired) electrons. The molecule has 1 N–H and O–H groups in total. The molecule has 6 heteroatoms. The van der Waals surface area contributed by atoms with E-state index >= 15 is 0 Å². The molecule has 0 heterocycles. The lowest BCUT2D eigenvalue weighted by Crippen LogP contribution is -2.55. The first-order chi connectivity index (χ1) is 10.1. The van der Waals surface area contributed by atoms with Gasteiger partial charge in [0.1, 0.15) is 0 Å². The summed E-state index contributed by atoms with van der Waals surface area (Å²) in [5, 5.41) is 10.5. The smallest absolute Gasteiger partial charge is 0.374 e. The Labute approximate surface area is 124 Å². The Morgan fingerprint density at radius 2 is 1.27 bits per heavy atom. The quantitative estimate of drug-likeness (QED) is 0.831. The molecule has 0 fully saturated rings. The summed E-state index contributed by atoms with van der Waals surface area (Å²) in [5.41, 5.74) is -4.37. The van der Waals surface area contributed by atoms with Crippen molar-refractivity contribution in [2.24, 2.45) is 0 Å². The summed E-state index contributed by atoms with van der Waals surface area (Å²) in [4.78, 5) is 0. The van der Waals surface area contributed by atoms with Gasteiger partial charge in [-0.3, -0.25) is 0 Å². The number of hydrogen-bond donors (Lipinski definition) is 1. The fraction of sp³-hybridized carbons (Fsp3) is 0.250. The lowest BCUT2D eigenvalue weighted by Gasteiger charge is -2.38. The maximum atomic E-state index is 14.2. The summed E-state index contributed by atoms with van der Waals surface area (Å²) >= 11 is 0. The molecule has 1 atom stereocenters.